The lowest BCUT2D eigenvalue weighted by Crippen LogP contribution is -1.91. The zero-order valence-electron chi connectivity index (χ0n) is 8.92. The smallest absolute Gasteiger partial charge is 0.300 e. The zero-order chi connectivity index (χ0) is 12.7. The molecule has 0 saturated heterocycles. The molecule has 0 spiro atoms. The number of rotatable bonds is 2. The van der Waals surface area contributed by atoms with Crippen molar-refractivity contribution in [2.45, 2.75) is 6.92 Å². The van der Waals surface area contributed by atoms with Crippen molar-refractivity contribution in [2.24, 2.45) is 0 Å². The number of carboxylic acid groups (broad SMARTS) is 1. The van der Waals surface area contributed by atoms with E-state index >= 15 is 0 Å². The maximum atomic E-state index is 9.00. The van der Waals surface area contributed by atoms with E-state index in [1.165, 1.54) is 0 Å². The van der Waals surface area contributed by atoms with Crippen molar-refractivity contribution >= 4 is 44.2 Å². The summed E-state index contributed by atoms with van der Waals surface area (Å²) in [5, 5.41) is 13.3. The monoisotopic (exact) mass is 315 g/mol. The van der Waals surface area contributed by atoms with Gasteiger partial charge >= 0.3 is 0 Å². The summed E-state index contributed by atoms with van der Waals surface area (Å²) in [6, 6.07) is 3.83. The van der Waals surface area contributed by atoms with E-state index in [1.807, 2.05) is 17.5 Å². The van der Waals surface area contributed by atoms with Crippen LogP contribution >= 0.6 is 27.3 Å². The minimum atomic E-state index is -0.833. The predicted molar refractivity (Wildman–Crippen MR) is 70.6 cm³/mol. The fourth-order valence-electron chi connectivity index (χ4n) is 0.844. The average molecular weight is 316 g/mol. The molecule has 2 aromatic heterocycles. The maximum absolute atomic E-state index is 9.00. The Morgan fingerprint density at radius 2 is 2.18 bits per heavy atom. The summed E-state index contributed by atoms with van der Waals surface area (Å²) < 4.78 is 0.970. The number of hydrogen-bond donors (Lipinski definition) is 2. The molecule has 2 heterocycles. The number of nitrogens with zero attached hydrogens (tertiary/aromatic N) is 2. The molecule has 17 heavy (non-hydrogen) atoms. The van der Waals surface area contributed by atoms with Gasteiger partial charge in [0.05, 0.1) is 0 Å². The van der Waals surface area contributed by atoms with Crippen LogP contribution < -0.4 is 5.32 Å². The molecule has 0 atom stereocenters. The van der Waals surface area contributed by atoms with E-state index in [0.717, 1.165) is 22.3 Å². The summed E-state index contributed by atoms with van der Waals surface area (Å²) in [6.45, 7) is 1.08. The molecule has 90 valence electrons. The second-order valence-corrected chi connectivity index (χ2v) is 4.65. The van der Waals surface area contributed by atoms with Crippen LogP contribution in [0.15, 0.2) is 34.4 Å². The van der Waals surface area contributed by atoms with E-state index in [4.69, 9.17) is 9.90 Å². The van der Waals surface area contributed by atoms with Crippen molar-refractivity contribution in [1.29, 1.82) is 0 Å². The van der Waals surface area contributed by atoms with Crippen LogP contribution in [0.2, 0.25) is 0 Å². The van der Waals surface area contributed by atoms with Crippen molar-refractivity contribution in [1.82, 2.24) is 9.97 Å². The second-order valence-electron chi connectivity index (χ2n) is 2.84. The Hall–Kier alpha value is -1.47. The van der Waals surface area contributed by atoms with E-state index in [9.17, 15) is 0 Å². The fraction of sp³-hybridized carbons (Fsp3) is 0.100. The van der Waals surface area contributed by atoms with Crippen molar-refractivity contribution in [3.8, 4) is 0 Å². The third-order valence-electron chi connectivity index (χ3n) is 1.39. The number of hydrogen-bond acceptors (Lipinski definition) is 5. The zero-order valence-corrected chi connectivity index (χ0v) is 11.3. The summed E-state index contributed by atoms with van der Waals surface area (Å²) >= 11 is 4.87. The quantitative estimate of drug-likeness (QED) is 0.890. The Labute approximate surface area is 111 Å². The SMILES string of the molecule is Brc1ccc(Nc2nccs2)nc1.CC(=O)O. The number of anilines is 2. The molecule has 0 bridgehead atoms. The summed E-state index contributed by atoms with van der Waals surface area (Å²) in [6.07, 6.45) is 3.50. The van der Waals surface area contributed by atoms with Gasteiger partial charge in [0.2, 0.25) is 0 Å². The van der Waals surface area contributed by atoms with Crippen molar-refractivity contribution < 1.29 is 9.90 Å². The Kier molecular flexibility index (Phi) is 5.58. The van der Waals surface area contributed by atoms with E-state index in [1.54, 1.807) is 23.7 Å². The highest BCUT2D eigenvalue weighted by Crippen LogP contribution is 2.17. The van der Waals surface area contributed by atoms with Gasteiger partial charge in [-0.1, -0.05) is 0 Å². The number of pyridine rings is 1. The molecule has 0 saturated carbocycles. The lowest BCUT2D eigenvalue weighted by atomic mass is 10.5. The molecule has 0 aliphatic heterocycles. The van der Waals surface area contributed by atoms with Crippen LogP contribution in [-0.2, 0) is 4.79 Å². The van der Waals surface area contributed by atoms with Crippen LogP contribution in [0.25, 0.3) is 0 Å². The minimum absolute atomic E-state index is 0.804. The van der Waals surface area contributed by atoms with Gasteiger partial charge in [0.1, 0.15) is 5.82 Å². The van der Waals surface area contributed by atoms with Gasteiger partial charge in [-0.15, -0.1) is 11.3 Å². The number of carbonyl (C=O) groups is 1. The molecule has 0 unspecified atom stereocenters. The first-order valence-electron chi connectivity index (χ1n) is 4.55. The minimum Gasteiger partial charge on any atom is -0.481 e. The summed E-state index contributed by atoms with van der Waals surface area (Å²) in [7, 11) is 0. The van der Waals surface area contributed by atoms with Gasteiger partial charge in [-0.2, -0.15) is 0 Å². The summed E-state index contributed by atoms with van der Waals surface area (Å²) in [4.78, 5) is 17.3. The third-order valence-corrected chi connectivity index (χ3v) is 2.55. The highest BCUT2D eigenvalue weighted by molar-refractivity contribution is 9.10. The third kappa shape index (κ3) is 5.98. The van der Waals surface area contributed by atoms with Gasteiger partial charge in [-0.25, -0.2) is 9.97 Å². The molecule has 2 aromatic rings. The molecule has 2 rings (SSSR count). The van der Waals surface area contributed by atoms with Gasteiger partial charge in [0.25, 0.3) is 5.97 Å². The van der Waals surface area contributed by atoms with Crippen LogP contribution in [0.5, 0.6) is 0 Å². The molecular formula is C10H10BrN3O2S. The molecule has 0 aromatic carbocycles. The lowest BCUT2D eigenvalue weighted by molar-refractivity contribution is -0.134. The van der Waals surface area contributed by atoms with E-state index in [0.29, 0.717) is 0 Å². The Balaban J connectivity index is 0.000000317. The molecule has 2 N–H and O–H groups in total. The van der Waals surface area contributed by atoms with Crippen LogP contribution in [0.4, 0.5) is 10.9 Å². The molecule has 0 amide bonds. The molecule has 0 fully saturated rings. The highest BCUT2D eigenvalue weighted by Gasteiger charge is 1.96. The second kappa shape index (κ2) is 6.97. The number of aromatic nitrogens is 2. The number of nitrogens with one attached hydrogen (secondary N) is 1. The Morgan fingerprint density at radius 1 is 1.47 bits per heavy atom. The molecular weight excluding hydrogens is 306 g/mol. The van der Waals surface area contributed by atoms with Gasteiger partial charge in [0, 0.05) is 29.2 Å². The van der Waals surface area contributed by atoms with Gasteiger partial charge in [0.15, 0.2) is 5.13 Å². The largest absolute Gasteiger partial charge is 0.481 e. The Morgan fingerprint density at radius 3 is 2.65 bits per heavy atom. The van der Waals surface area contributed by atoms with Crippen LogP contribution in [-0.4, -0.2) is 21.0 Å². The number of aliphatic carboxylic acids is 1. The van der Waals surface area contributed by atoms with Crippen LogP contribution in [0.1, 0.15) is 6.92 Å². The molecule has 5 nitrogen and oxygen atoms in total. The molecule has 7 heteroatoms. The normalized spacial score (nSPS) is 9.06. The van der Waals surface area contributed by atoms with Gasteiger partial charge < -0.3 is 10.4 Å². The number of halogens is 1. The first-order valence-corrected chi connectivity index (χ1v) is 6.23. The summed E-state index contributed by atoms with van der Waals surface area (Å²) in [5.74, 6) is -0.0295. The first kappa shape index (κ1) is 13.6. The van der Waals surface area contributed by atoms with E-state index in [-0.39, 0.29) is 0 Å². The predicted octanol–water partition coefficient (Wildman–Crippen LogP) is 3.14. The number of thiazole rings is 1. The fourth-order valence-corrected chi connectivity index (χ4v) is 1.61. The molecule has 0 aliphatic carbocycles. The van der Waals surface area contributed by atoms with E-state index < -0.39 is 5.97 Å². The first-order chi connectivity index (χ1) is 8.08. The highest BCUT2D eigenvalue weighted by atomic mass is 79.9. The Bertz CT molecular complexity index is 455. The molecule has 0 radical (unpaired) electrons. The van der Waals surface area contributed by atoms with Gasteiger partial charge in [-0.3, -0.25) is 4.79 Å². The van der Waals surface area contributed by atoms with Gasteiger partial charge in [-0.05, 0) is 28.1 Å². The topological polar surface area (TPSA) is 75.1 Å². The summed E-state index contributed by atoms with van der Waals surface area (Å²) in [5.41, 5.74) is 0. The maximum Gasteiger partial charge on any atom is 0.300 e. The van der Waals surface area contributed by atoms with Crippen molar-refractivity contribution in [2.75, 3.05) is 5.32 Å². The van der Waals surface area contributed by atoms with E-state index in [2.05, 4.69) is 31.2 Å². The van der Waals surface area contributed by atoms with Crippen molar-refractivity contribution in [3.05, 3.63) is 34.4 Å². The lowest BCUT2D eigenvalue weighted by Gasteiger charge is -1.99. The average Bonchev–Trinajstić information content (AvgIpc) is 2.73. The number of carboxylic acids is 1. The van der Waals surface area contributed by atoms with Crippen LogP contribution in [0.3, 0.4) is 0 Å². The van der Waals surface area contributed by atoms with Crippen molar-refractivity contribution in [3.63, 3.8) is 0 Å². The molecule has 0 aliphatic rings. The van der Waals surface area contributed by atoms with Crippen LogP contribution in [0, 0.1) is 0 Å². The standard InChI is InChI=1S/C8H6BrN3S.C2H4O2/c9-6-1-2-7(11-5-6)12-8-10-3-4-13-8;1-2(3)4/h1-5H,(H,10,11,12);1H3,(H,3,4).